The molecule has 1 saturated carbocycles. The van der Waals surface area contributed by atoms with Crippen LogP contribution in [0.2, 0.25) is 0 Å². The van der Waals surface area contributed by atoms with Crippen molar-refractivity contribution in [3.63, 3.8) is 0 Å². The number of sulfone groups is 1. The molecule has 4 rings (SSSR count). The zero-order chi connectivity index (χ0) is 18.2. The van der Waals surface area contributed by atoms with Crippen molar-refractivity contribution < 1.29 is 13.2 Å². The van der Waals surface area contributed by atoms with Gasteiger partial charge >= 0.3 is 0 Å². The van der Waals surface area contributed by atoms with Gasteiger partial charge in [-0.15, -0.1) is 0 Å². The number of nitrogens with zero attached hydrogens (tertiary/aromatic N) is 3. The van der Waals surface area contributed by atoms with Gasteiger partial charge in [-0.1, -0.05) is 37.3 Å². The molecular weight excluding hydrogens is 350 g/mol. The Morgan fingerprint density at radius 1 is 1.27 bits per heavy atom. The highest BCUT2D eigenvalue weighted by atomic mass is 32.2. The van der Waals surface area contributed by atoms with Crippen LogP contribution in [0.25, 0.3) is 0 Å². The van der Waals surface area contributed by atoms with E-state index in [9.17, 15) is 8.42 Å². The fourth-order valence-electron chi connectivity index (χ4n) is 3.75. The Hall–Kier alpha value is -1.73. The van der Waals surface area contributed by atoms with E-state index in [1.165, 1.54) is 5.56 Å². The highest BCUT2D eigenvalue weighted by Crippen LogP contribution is 2.52. The van der Waals surface area contributed by atoms with Gasteiger partial charge in [0.1, 0.15) is 6.61 Å². The zero-order valence-electron chi connectivity index (χ0n) is 15.1. The minimum absolute atomic E-state index is 0.122. The molecule has 1 aliphatic heterocycles. The molecule has 0 radical (unpaired) electrons. The maximum atomic E-state index is 11.9. The second kappa shape index (κ2) is 6.78. The summed E-state index contributed by atoms with van der Waals surface area (Å²) in [5.74, 6) is 1.93. The molecule has 2 heterocycles. The quantitative estimate of drug-likeness (QED) is 0.696. The van der Waals surface area contributed by atoms with E-state index in [0.717, 1.165) is 30.9 Å². The first-order valence-electron chi connectivity index (χ1n) is 9.34. The van der Waals surface area contributed by atoms with Crippen LogP contribution < -0.4 is 0 Å². The topological polar surface area (TPSA) is 74.1 Å². The van der Waals surface area contributed by atoms with Crippen molar-refractivity contribution in [2.24, 2.45) is 0 Å². The average molecular weight is 375 g/mol. The molecule has 1 atom stereocenters. The van der Waals surface area contributed by atoms with E-state index in [4.69, 9.17) is 14.8 Å². The van der Waals surface area contributed by atoms with Gasteiger partial charge in [0.2, 0.25) is 0 Å². The fraction of sp³-hybridized carbons (Fsp3) is 0.579. The summed E-state index contributed by atoms with van der Waals surface area (Å²) in [5.41, 5.74) is 1.11. The molecule has 0 amide bonds. The number of rotatable bonds is 7. The summed E-state index contributed by atoms with van der Waals surface area (Å²) in [5, 5.41) is 4.81. The smallest absolute Gasteiger partial charge is 0.161 e. The molecule has 140 valence electrons. The molecule has 0 bridgehead atoms. The lowest BCUT2D eigenvalue weighted by molar-refractivity contribution is 0.111. The van der Waals surface area contributed by atoms with Crippen LogP contribution in [-0.4, -0.2) is 41.3 Å². The van der Waals surface area contributed by atoms with Crippen molar-refractivity contribution in [2.75, 3.05) is 18.1 Å². The Kier molecular flexibility index (Phi) is 4.61. The summed E-state index contributed by atoms with van der Waals surface area (Å²) >= 11 is 0. The first-order valence-corrected chi connectivity index (χ1v) is 11.2. The Morgan fingerprint density at radius 3 is 2.65 bits per heavy atom. The molecule has 2 aromatic rings. The number of aromatic nitrogens is 3. The predicted molar refractivity (Wildman–Crippen MR) is 98.7 cm³/mol. The lowest BCUT2D eigenvalue weighted by Crippen LogP contribution is -2.17. The Balaban J connectivity index is 1.67. The first kappa shape index (κ1) is 17.7. The van der Waals surface area contributed by atoms with Gasteiger partial charge in [-0.2, -0.15) is 5.10 Å². The van der Waals surface area contributed by atoms with Gasteiger partial charge in [0.05, 0.1) is 23.0 Å². The SMILES string of the molecule is CCCOCc1nc(C2(c3ccccc3)CC2)nn1C1CCS(=O)(=O)C1. The predicted octanol–water partition coefficient (Wildman–Crippen LogP) is 2.64. The van der Waals surface area contributed by atoms with Crippen molar-refractivity contribution in [1.29, 1.82) is 0 Å². The summed E-state index contributed by atoms with van der Waals surface area (Å²) in [6.45, 7) is 3.10. The molecule has 1 aliphatic carbocycles. The highest BCUT2D eigenvalue weighted by molar-refractivity contribution is 7.91. The Bertz CT molecular complexity index is 873. The third-order valence-corrected chi connectivity index (χ3v) is 7.09. The van der Waals surface area contributed by atoms with E-state index in [1.807, 2.05) is 22.9 Å². The molecule has 0 spiro atoms. The van der Waals surface area contributed by atoms with Crippen LogP contribution in [0.3, 0.4) is 0 Å². The molecule has 1 aromatic heterocycles. The summed E-state index contributed by atoms with van der Waals surface area (Å²) in [6, 6.07) is 10.2. The van der Waals surface area contributed by atoms with Crippen LogP contribution in [-0.2, 0) is 26.6 Å². The molecule has 0 N–H and O–H groups in total. The standard InChI is InChI=1S/C19H25N3O3S/c1-2-11-25-13-17-20-18(19(9-10-19)15-6-4-3-5-7-15)21-22(17)16-8-12-26(23,24)14-16/h3-7,16H,2,8-14H2,1H3. The van der Waals surface area contributed by atoms with Gasteiger partial charge in [-0.05, 0) is 31.2 Å². The molecule has 2 fully saturated rings. The molecule has 26 heavy (non-hydrogen) atoms. The van der Waals surface area contributed by atoms with Gasteiger partial charge in [-0.25, -0.2) is 18.1 Å². The normalized spacial score (nSPS) is 23.2. The Labute approximate surface area is 154 Å². The maximum Gasteiger partial charge on any atom is 0.161 e. The lowest BCUT2D eigenvalue weighted by atomic mass is 9.95. The first-order chi connectivity index (χ1) is 12.5. The van der Waals surface area contributed by atoms with E-state index in [1.54, 1.807) is 0 Å². The summed E-state index contributed by atoms with van der Waals surface area (Å²) in [4.78, 5) is 4.82. The van der Waals surface area contributed by atoms with Crippen LogP contribution >= 0.6 is 0 Å². The monoisotopic (exact) mass is 375 g/mol. The molecular formula is C19H25N3O3S. The molecule has 1 aromatic carbocycles. The maximum absolute atomic E-state index is 11.9. The highest BCUT2D eigenvalue weighted by Gasteiger charge is 2.50. The molecule has 6 nitrogen and oxygen atoms in total. The van der Waals surface area contributed by atoms with Crippen molar-refractivity contribution >= 4 is 9.84 Å². The number of benzene rings is 1. The van der Waals surface area contributed by atoms with E-state index >= 15 is 0 Å². The van der Waals surface area contributed by atoms with Crippen LogP contribution in [0.15, 0.2) is 30.3 Å². The summed E-state index contributed by atoms with van der Waals surface area (Å²) < 4.78 is 31.4. The summed E-state index contributed by atoms with van der Waals surface area (Å²) in [6.07, 6.45) is 3.59. The van der Waals surface area contributed by atoms with Crippen molar-refractivity contribution in [3.8, 4) is 0 Å². The minimum atomic E-state index is -2.98. The lowest BCUT2D eigenvalue weighted by Gasteiger charge is -2.12. The largest absolute Gasteiger partial charge is 0.373 e. The third kappa shape index (κ3) is 3.30. The van der Waals surface area contributed by atoms with Gasteiger partial charge in [-0.3, -0.25) is 0 Å². The van der Waals surface area contributed by atoms with Crippen LogP contribution in [0.4, 0.5) is 0 Å². The minimum Gasteiger partial charge on any atom is -0.373 e. The van der Waals surface area contributed by atoms with Gasteiger partial charge in [0.25, 0.3) is 0 Å². The molecule has 2 aliphatic rings. The second-order valence-electron chi connectivity index (χ2n) is 7.35. The van der Waals surface area contributed by atoms with Crippen molar-refractivity contribution in [2.45, 2.75) is 50.7 Å². The molecule has 7 heteroatoms. The molecule has 1 unspecified atom stereocenters. The van der Waals surface area contributed by atoms with E-state index in [2.05, 4.69) is 19.1 Å². The average Bonchev–Trinajstić information content (AvgIpc) is 3.21. The zero-order valence-corrected chi connectivity index (χ0v) is 15.9. The number of hydrogen-bond donors (Lipinski definition) is 0. The number of hydrogen-bond acceptors (Lipinski definition) is 5. The van der Waals surface area contributed by atoms with Crippen LogP contribution in [0.1, 0.15) is 55.9 Å². The van der Waals surface area contributed by atoms with Gasteiger partial charge in [0.15, 0.2) is 21.5 Å². The number of ether oxygens (including phenoxy) is 1. The van der Waals surface area contributed by atoms with Gasteiger partial charge in [0, 0.05) is 6.61 Å². The van der Waals surface area contributed by atoms with Gasteiger partial charge < -0.3 is 4.74 Å². The van der Waals surface area contributed by atoms with E-state index in [-0.39, 0.29) is 23.0 Å². The van der Waals surface area contributed by atoms with Crippen molar-refractivity contribution in [3.05, 3.63) is 47.5 Å². The Morgan fingerprint density at radius 2 is 2.04 bits per heavy atom. The van der Waals surface area contributed by atoms with E-state index in [0.29, 0.717) is 19.6 Å². The summed E-state index contributed by atoms with van der Waals surface area (Å²) in [7, 11) is -2.98. The molecule has 1 saturated heterocycles. The third-order valence-electron chi connectivity index (χ3n) is 5.34. The van der Waals surface area contributed by atoms with E-state index < -0.39 is 9.84 Å². The van der Waals surface area contributed by atoms with Crippen molar-refractivity contribution in [1.82, 2.24) is 14.8 Å². The van der Waals surface area contributed by atoms with Crippen LogP contribution in [0.5, 0.6) is 0 Å². The van der Waals surface area contributed by atoms with Crippen LogP contribution in [0, 0.1) is 0 Å². The second-order valence-corrected chi connectivity index (χ2v) is 9.58. The fourth-order valence-corrected chi connectivity index (χ4v) is 5.44.